The van der Waals surface area contributed by atoms with Crippen LogP contribution >= 0.6 is 15.9 Å². The van der Waals surface area contributed by atoms with E-state index in [0.29, 0.717) is 54.5 Å². The molecule has 5 rings (SSSR count). The number of amides is 1. The number of aliphatic hydroxyl groups excluding tert-OH is 1. The highest BCUT2D eigenvalue weighted by Gasteiger charge is 2.53. The molecule has 0 aliphatic carbocycles. The summed E-state index contributed by atoms with van der Waals surface area (Å²) in [5, 5.41) is 16.1. The van der Waals surface area contributed by atoms with Crippen molar-refractivity contribution in [2.45, 2.75) is 30.9 Å². The van der Waals surface area contributed by atoms with Crippen LogP contribution in [0.25, 0.3) is 10.4 Å². The zero-order chi connectivity index (χ0) is 32.4. The molecule has 0 fully saturated rings. The molecule has 0 spiro atoms. The van der Waals surface area contributed by atoms with Crippen molar-refractivity contribution in [3.05, 3.63) is 134 Å². The number of ether oxygens (including phenoxy) is 3. The van der Waals surface area contributed by atoms with Crippen molar-refractivity contribution in [2.75, 3.05) is 26.9 Å². The number of azide groups is 1. The number of benzene rings is 4. The normalized spacial score (nSPS) is 16.9. The maximum Gasteiger partial charge on any atom is 0.252 e. The van der Waals surface area contributed by atoms with Gasteiger partial charge in [0.05, 0.1) is 13.7 Å². The summed E-state index contributed by atoms with van der Waals surface area (Å²) in [4.78, 5) is 22.6. The molecule has 1 aliphatic heterocycles. The second-order valence-corrected chi connectivity index (χ2v) is 11.6. The molecular formula is C35H34BrN5O5. The Hall–Kier alpha value is -4.83. The van der Waals surface area contributed by atoms with Gasteiger partial charge in [-0.25, -0.2) is 4.99 Å². The Morgan fingerprint density at radius 3 is 2.48 bits per heavy atom. The van der Waals surface area contributed by atoms with Gasteiger partial charge in [-0.2, -0.15) is 0 Å². The molecule has 1 amide bonds. The zero-order valence-electron chi connectivity index (χ0n) is 25.3. The minimum absolute atomic E-state index is 0.0476. The molecule has 0 aromatic heterocycles. The van der Waals surface area contributed by atoms with Crippen LogP contribution < -0.4 is 14.8 Å². The summed E-state index contributed by atoms with van der Waals surface area (Å²) in [7, 11) is 1.62. The fourth-order valence-electron chi connectivity index (χ4n) is 5.39. The fraction of sp³-hybridized carbons (Fsp3) is 0.257. The van der Waals surface area contributed by atoms with Crippen LogP contribution in [-0.2, 0) is 22.4 Å². The maximum absolute atomic E-state index is 14.5. The third-order valence-electron chi connectivity index (χ3n) is 7.68. The van der Waals surface area contributed by atoms with Crippen molar-refractivity contribution in [1.82, 2.24) is 5.32 Å². The molecule has 4 aromatic rings. The van der Waals surface area contributed by atoms with E-state index in [1.165, 1.54) is 0 Å². The number of carbonyl (C=O) groups excluding carboxylic acids is 1. The summed E-state index contributed by atoms with van der Waals surface area (Å²) in [5.41, 5.74) is 11.3. The lowest BCUT2D eigenvalue weighted by Crippen LogP contribution is -2.50. The van der Waals surface area contributed by atoms with E-state index in [2.05, 4.69) is 31.3 Å². The topological polar surface area (TPSA) is 138 Å². The Kier molecular flexibility index (Phi) is 10.9. The lowest BCUT2D eigenvalue weighted by atomic mass is 9.81. The number of nitrogens with one attached hydrogen (secondary N) is 1. The Balaban J connectivity index is 1.56. The maximum atomic E-state index is 14.5. The van der Waals surface area contributed by atoms with Crippen LogP contribution in [0.3, 0.4) is 0 Å². The highest BCUT2D eigenvalue weighted by molar-refractivity contribution is 9.10. The Bertz CT molecular complexity index is 1720. The first kappa shape index (κ1) is 32.6. The van der Waals surface area contributed by atoms with Gasteiger partial charge in [0.1, 0.15) is 11.5 Å². The standard InChI is InChI=1S/C35H34BrN5O5/c1-44-31-10-5-3-7-24(31)19-20-38-34(43)35(23-27-8-2-4-9-30(27)40-41-37)32(25-11-15-28(36)16-12-25)46-33(39-35)26-13-17-29(18-14-26)45-22-6-21-42/h2-5,7-18,32,42H,6,19-23H2,1H3,(H,38,43)/t32-,35-/m1/s1. The van der Waals surface area contributed by atoms with E-state index in [9.17, 15) is 10.3 Å². The zero-order valence-corrected chi connectivity index (χ0v) is 26.9. The molecule has 0 saturated carbocycles. The number of carbonyl (C=O) groups is 1. The van der Waals surface area contributed by atoms with Gasteiger partial charge in [-0.15, -0.1) is 0 Å². The van der Waals surface area contributed by atoms with E-state index in [1.54, 1.807) is 31.4 Å². The number of hydrogen-bond acceptors (Lipinski definition) is 7. The van der Waals surface area contributed by atoms with Crippen molar-refractivity contribution >= 4 is 33.4 Å². The highest BCUT2D eigenvalue weighted by Crippen LogP contribution is 2.44. The quantitative estimate of drug-likeness (QED) is 0.0637. The third kappa shape index (κ3) is 7.51. The first-order chi connectivity index (χ1) is 22.5. The summed E-state index contributed by atoms with van der Waals surface area (Å²) in [6, 6.07) is 29.7. The van der Waals surface area contributed by atoms with E-state index in [0.717, 1.165) is 21.3 Å². The first-order valence-electron chi connectivity index (χ1n) is 14.9. The van der Waals surface area contributed by atoms with Gasteiger partial charge in [0.15, 0.2) is 11.6 Å². The van der Waals surface area contributed by atoms with Crippen molar-refractivity contribution in [1.29, 1.82) is 0 Å². The van der Waals surface area contributed by atoms with Crippen LogP contribution in [0.4, 0.5) is 5.69 Å². The Morgan fingerprint density at radius 1 is 1.04 bits per heavy atom. The number of aliphatic hydroxyl groups is 1. The van der Waals surface area contributed by atoms with Crippen molar-refractivity contribution in [3.8, 4) is 11.5 Å². The number of nitrogens with zero attached hydrogens (tertiary/aromatic N) is 4. The molecule has 2 atom stereocenters. The molecular weight excluding hydrogens is 650 g/mol. The average molecular weight is 685 g/mol. The summed E-state index contributed by atoms with van der Waals surface area (Å²) in [5.74, 6) is 1.36. The van der Waals surface area contributed by atoms with Crippen molar-refractivity contribution in [3.63, 3.8) is 0 Å². The summed E-state index contributed by atoms with van der Waals surface area (Å²) in [6.07, 6.45) is 0.369. The second kappa shape index (κ2) is 15.4. The van der Waals surface area contributed by atoms with Gasteiger partial charge < -0.3 is 24.6 Å². The lowest BCUT2D eigenvalue weighted by Gasteiger charge is -2.31. The van der Waals surface area contributed by atoms with Gasteiger partial charge in [-0.1, -0.05) is 75.6 Å². The van der Waals surface area contributed by atoms with Crippen LogP contribution in [0, 0.1) is 0 Å². The second-order valence-electron chi connectivity index (χ2n) is 10.7. The van der Waals surface area contributed by atoms with Gasteiger partial charge in [0.2, 0.25) is 5.90 Å². The molecule has 11 heteroatoms. The molecule has 0 saturated heterocycles. The fourth-order valence-corrected chi connectivity index (χ4v) is 5.65. The minimum Gasteiger partial charge on any atom is -0.496 e. The number of halogens is 1. The number of para-hydroxylation sites is 1. The van der Waals surface area contributed by atoms with Gasteiger partial charge in [-0.3, -0.25) is 4.79 Å². The predicted octanol–water partition coefficient (Wildman–Crippen LogP) is 7.02. The van der Waals surface area contributed by atoms with Crippen molar-refractivity contribution < 1.29 is 24.1 Å². The number of aliphatic imine (C=N–C) groups is 1. The van der Waals surface area contributed by atoms with Crippen LogP contribution in [0.5, 0.6) is 11.5 Å². The number of rotatable bonds is 14. The monoisotopic (exact) mass is 683 g/mol. The smallest absolute Gasteiger partial charge is 0.252 e. The molecule has 0 unspecified atom stereocenters. The van der Waals surface area contributed by atoms with E-state index in [1.807, 2.05) is 72.8 Å². The Labute approximate surface area is 275 Å². The minimum atomic E-state index is -1.46. The molecule has 1 aliphatic rings. The lowest BCUT2D eigenvalue weighted by molar-refractivity contribution is -0.128. The highest BCUT2D eigenvalue weighted by atomic mass is 79.9. The third-order valence-corrected chi connectivity index (χ3v) is 8.21. The van der Waals surface area contributed by atoms with E-state index < -0.39 is 11.6 Å². The predicted molar refractivity (Wildman–Crippen MR) is 180 cm³/mol. The Morgan fingerprint density at radius 2 is 1.76 bits per heavy atom. The summed E-state index contributed by atoms with van der Waals surface area (Å²) in [6.45, 7) is 0.768. The van der Waals surface area contributed by atoms with Gasteiger partial charge in [0.25, 0.3) is 5.91 Å². The SMILES string of the molecule is COc1ccccc1CCNC(=O)[C@]1(Cc2ccccc2N=[N+]=[N-])N=C(c2ccc(OCCCO)cc2)O[C@@H]1c1ccc(Br)cc1. The largest absolute Gasteiger partial charge is 0.496 e. The van der Waals surface area contributed by atoms with Gasteiger partial charge >= 0.3 is 0 Å². The molecule has 0 radical (unpaired) electrons. The van der Waals surface area contributed by atoms with Crippen LogP contribution in [0.2, 0.25) is 0 Å². The average Bonchev–Trinajstić information content (AvgIpc) is 3.47. The van der Waals surface area contributed by atoms with Crippen molar-refractivity contribution in [2.24, 2.45) is 10.1 Å². The summed E-state index contributed by atoms with van der Waals surface area (Å²) < 4.78 is 18.7. The van der Waals surface area contributed by atoms with E-state index >= 15 is 0 Å². The van der Waals surface area contributed by atoms with E-state index in [-0.39, 0.29) is 18.9 Å². The van der Waals surface area contributed by atoms with Gasteiger partial charge in [-0.05, 0) is 71.1 Å². The summed E-state index contributed by atoms with van der Waals surface area (Å²) >= 11 is 3.51. The van der Waals surface area contributed by atoms with E-state index in [4.69, 9.17) is 24.3 Å². The molecule has 236 valence electrons. The van der Waals surface area contributed by atoms with Crippen LogP contribution in [0.15, 0.2) is 112 Å². The molecule has 46 heavy (non-hydrogen) atoms. The van der Waals surface area contributed by atoms with Crippen LogP contribution in [-0.4, -0.2) is 49.3 Å². The molecule has 10 nitrogen and oxygen atoms in total. The number of hydrogen-bond donors (Lipinski definition) is 2. The first-order valence-corrected chi connectivity index (χ1v) is 15.7. The molecule has 2 N–H and O–H groups in total. The molecule has 0 bridgehead atoms. The van der Waals surface area contributed by atoms with Gasteiger partial charge in [0, 0.05) is 46.6 Å². The number of methoxy groups -OCH3 is 1. The molecule has 4 aromatic carbocycles. The van der Waals surface area contributed by atoms with Crippen LogP contribution in [0.1, 0.15) is 34.8 Å². The molecule has 1 heterocycles.